The highest BCUT2D eigenvalue weighted by molar-refractivity contribution is 9.11. The number of hydrogen-bond donors (Lipinski definition) is 1. The van der Waals surface area contributed by atoms with Crippen LogP contribution in [0.25, 0.3) is 0 Å². The smallest absolute Gasteiger partial charge is 0.165 e. The van der Waals surface area contributed by atoms with Gasteiger partial charge in [-0.05, 0) is 25.0 Å². The number of rotatable bonds is 3. The summed E-state index contributed by atoms with van der Waals surface area (Å²) in [7, 11) is -3.40. The molecule has 0 aliphatic rings. The zero-order valence-electron chi connectivity index (χ0n) is 9.44. The van der Waals surface area contributed by atoms with Crippen molar-refractivity contribution in [3.05, 3.63) is 35.4 Å². The molecule has 1 aromatic carbocycles. The fourth-order valence-electron chi connectivity index (χ4n) is 1.37. The first-order chi connectivity index (χ1) is 7.18. The molecule has 0 aliphatic carbocycles. The first-order valence-electron chi connectivity index (χ1n) is 4.80. The molecular formula is C11H15BrO3S. The van der Waals surface area contributed by atoms with Crippen molar-refractivity contribution in [2.24, 2.45) is 0 Å². The van der Waals surface area contributed by atoms with Crippen LogP contribution in [-0.2, 0) is 9.84 Å². The molecule has 1 aromatic rings. The second-order valence-electron chi connectivity index (χ2n) is 4.02. The lowest BCUT2D eigenvalue weighted by Gasteiger charge is -2.27. The van der Waals surface area contributed by atoms with Crippen molar-refractivity contribution in [2.75, 3.05) is 6.26 Å². The van der Waals surface area contributed by atoms with Gasteiger partial charge >= 0.3 is 0 Å². The van der Waals surface area contributed by atoms with Crippen molar-refractivity contribution in [1.82, 2.24) is 0 Å². The third-order valence-corrected chi connectivity index (χ3v) is 6.57. The molecular weight excluding hydrogens is 292 g/mol. The Morgan fingerprint density at radius 2 is 1.88 bits per heavy atom. The van der Waals surface area contributed by atoms with E-state index >= 15 is 0 Å². The van der Waals surface area contributed by atoms with E-state index in [1.165, 1.54) is 6.92 Å². The lowest BCUT2D eigenvalue weighted by Crippen LogP contribution is -2.35. The fraction of sp³-hybridized carbons (Fsp3) is 0.455. The van der Waals surface area contributed by atoms with E-state index < -0.39 is 19.6 Å². The second-order valence-corrected chi connectivity index (χ2v) is 8.58. The van der Waals surface area contributed by atoms with E-state index in [0.29, 0.717) is 5.56 Å². The first kappa shape index (κ1) is 13.7. The highest BCUT2D eigenvalue weighted by Crippen LogP contribution is 2.38. The van der Waals surface area contributed by atoms with Crippen LogP contribution in [0.2, 0.25) is 0 Å². The van der Waals surface area contributed by atoms with Crippen LogP contribution in [0.15, 0.2) is 24.3 Å². The highest BCUT2D eigenvalue weighted by atomic mass is 79.9. The maximum Gasteiger partial charge on any atom is 0.165 e. The molecule has 0 fully saturated rings. The Balaban J connectivity index is 3.23. The summed E-state index contributed by atoms with van der Waals surface area (Å²) in [4.78, 5) is 0. The van der Waals surface area contributed by atoms with Crippen LogP contribution in [0.3, 0.4) is 0 Å². The maximum atomic E-state index is 11.6. The number of alkyl halides is 1. The molecule has 0 bridgehead atoms. The van der Waals surface area contributed by atoms with E-state index in [0.717, 1.165) is 11.8 Å². The molecule has 3 nitrogen and oxygen atoms in total. The number of aryl methyl sites for hydroxylation is 1. The van der Waals surface area contributed by atoms with Gasteiger partial charge in [-0.1, -0.05) is 40.2 Å². The van der Waals surface area contributed by atoms with Gasteiger partial charge in [0.25, 0.3) is 0 Å². The minimum atomic E-state index is -3.40. The monoisotopic (exact) mass is 306 g/mol. The van der Waals surface area contributed by atoms with Gasteiger partial charge in [0.1, 0.15) is 6.10 Å². The Labute approximate surface area is 105 Å². The molecule has 2 atom stereocenters. The quantitative estimate of drug-likeness (QED) is 0.871. The molecule has 0 amide bonds. The topological polar surface area (TPSA) is 54.4 Å². The summed E-state index contributed by atoms with van der Waals surface area (Å²) >= 11 is 3.10. The summed E-state index contributed by atoms with van der Waals surface area (Å²) in [5.41, 5.74) is 1.48. The van der Waals surface area contributed by atoms with Crippen LogP contribution >= 0.6 is 15.9 Å². The first-order valence-corrected chi connectivity index (χ1v) is 7.48. The minimum Gasteiger partial charge on any atom is -0.386 e. The molecule has 1 rings (SSSR count). The zero-order valence-corrected chi connectivity index (χ0v) is 11.8. The van der Waals surface area contributed by atoms with Gasteiger partial charge in [-0.15, -0.1) is 0 Å². The molecule has 16 heavy (non-hydrogen) atoms. The average Bonchev–Trinajstić information content (AvgIpc) is 2.15. The molecule has 0 saturated heterocycles. The molecule has 0 aromatic heterocycles. The van der Waals surface area contributed by atoms with E-state index in [4.69, 9.17) is 0 Å². The molecule has 0 radical (unpaired) electrons. The van der Waals surface area contributed by atoms with E-state index in [9.17, 15) is 13.5 Å². The van der Waals surface area contributed by atoms with E-state index in [1.807, 2.05) is 19.1 Å². The lowest BCUT2D eigenvalue weighted by atomic mass is 10.0. The minimum absolute atomic E-state index is 0.618. The van der Waals surface area contributed by atoms with Gasteiger partial charge in [0, 0.05) is 6.26 Å². The molecule has 0 aliphatic heterocycles. The van der Waals surface area contributed by atoms with Gasteiger partial charge in [0.05, 0.1) is 0 Å². The molecule has 0 spiro atoms. The third kappa shape index (κ3) is 2.47. The number of hydrogen-bond acceptors (Lipinski definition) is 3. The van der Waals surface area contributed by atoms with Crippen LogP contribution in [0.4, 0.5) is 0 Å². The predicted molar refractivity (Wildman–Crippen MR) is 68.3 cm³/mol. The van der Waals surface area contributed by atoms with Crippen LogP contribution in [-0.4, -0.2) is 23.4 Å². The van der Waals surface area contributed by atoms with Gasteiger partial charge < -0.3 is 5.11 Å². The molecule has 5 heteroatoms. The summed E-state index contributed by atoms with van der Waals surface area (Å²) in [6.07, 6.45) is 0.00664. The Morgan fingerprint density at radius 3 is 2.31 bits per heavy atom. The maximum absolute atomic E-state index is 11.6. The summed E-state index contributed by atoms with van der Waals surface area (Å²) < 4.78 is 21.8. The molecule has 0 unspecified atom stereocenters. The van der Waals surface area contributed by atoms with E-state index in [-0.39, 0.29) is 0 Å². The highest BCUT2D eigenvalue weighted by Gasteiger charge is 2.41. The number of aliphatic hydroxyl groups excluding tert-OH is 1. The molecule has 1 N–H and O–H groups in total. The van der Waals surface area contributed by atoms with Crippen molar-refractivity contribution >= 4 is 25.8 Å². The van der Waals surface area contributed by atoms with Crippen molar-refractivity contribution in [3.8, 4) is 0 Å². The van der Waals surface area contributed by atoms with Crippen molar-refractivity contribution in [3.63, 3.8) is 0 Å². The van der Waals surface area contributed by atoms with Crippen LogP contribution in [0.1, 0.15) is 24.2 Å². The lowest BCUT2D eigenvalue weighted by molar-refractivity contribution is 0.167. The SMILES string of the molecule is Cc1ccccc1[C@H](O)[C@](C)(Br)S(C)(=O)=O. The van der Waals surface area contributed by atoms with Crippen molar-refractivity contribution in [1.29, 1.82) is 0 Å². The Hall–Kier alpha value is -0.390. The van der Waals surface area contributed by atoms with Gasteiger partial charge in [-0.2, -0.15) is 0 Å². The Bertz CT molecular complexity index is 480. The molecule has 0 saturated carbocycles. The third-order valence-electron chi connectivity index (χ3n) is 2.70. The van der Waals surface area contributed by atoms with Gasteiger partial charge in [-0.3, -0.25) is 0 Å². The van der Waals surface area contributed by atoms with E-state index in [2.05, 4.69) is 15.9 Å². The number of sulfone groups is 1. The summed E-state index contributed by atoms with van der Waals surface area (Å²) in [5, 5.41) is 10.1. The molecule has 90 valence electrons. The summed E-state index contributed by atoms with van der Waals surface area (Å²) in [6.45, 7) is 3.29. The number of benzene rings is 1. The standard InChI is InChI=1S/C11H15BrO3S/c1-8-6-4-5-7-9(8)10(13)11(2,12)16(3,14)15/h4-7,10,13H,1-3H3/t10-,11+/m0/s1. The van der Waals surface area contributed by atoms with Crippen LogP contribution in [0, 0.1) is 6.92 Å². The van der Waals surface area contributed by atoms with Gasteiger partial charge in [0.2, 0.25) is 0 Å². The normalized spacial score (nSPS) is 17.8. The van der Waals surface area contributed by atoms with Crippen molar-refractivity contribution < 1.29 is 13.5 Å². The van der Waals surface area contributed by atoms with Gasteiger partial charge in [-0.25, -0.2) is 8.42 Å². The predicted octanol–water partition coefficient (Wildman–Crippen LogP) is 2.18. The van der Waals surface area contributed by atoms with Gasteiger partial charge in [0.15, 0.2) is 13.5 Å². The average molecular weight is 307 g/mol. The van der Waals surface area contributed by atoms with Crippen LogP contribution in [0.5, 0.6) is 0 Å². The van der Waals surface area contributed by atoms with Crippen molar-refractivity contribution in [2.45, 2.75) is 23.6 Å². The summed E-state index contributed by atoms with van der Waals surface area (Å²) in [6, 6.07) is 7.18. The van der Waals surface area contributed by atoms with Crippen LogP contribution < -0.4 is 0 Å². The fourth-order valence-corrected chi connectivity index (χ4v) is 2.15. The largest absolute Gasteiger partial charge is 0.386 e. The van der Waals surface area contributed by atoms with E-state index in [1.54, 1.807) is 12.1 Å². The number of halogens is 1. The summed E-state index contributed by atoms with van der Waals surface area (Å²) in [5.74, 6) is 0. The number of aliphatic hydroxyl groups is 1. The second kappa shape index (κ2) is 4.47. The zero-order chi connectivity index (χ0) is 12.6. The molecule has 0 heterocycles. The Morgan fingerprint density at radius 1 is 1.38 bits per heavy atom. The Kier molecular flexibility index (Phi) is 3.82.